The Labute approximate surface area is 78.0 Å². The molecule has 0 saturated carbocycles. The fourth-order valence-electron chi connectivity index (χ4n) is 1.05. The van der Waals surface area contributed by atoms with E-state index in [1.54, 1.807) is 0 Å². The van der Waals surface area contributed by atoms with Gasteiger partial charge in [-0.15, -0.1) is 0 Å². The molecule has 1 rings (SSSR count). The summed E-state index contributed by atoms with van der Waals surface area (Å²) in [6.07, 6.45) is -3.32. The zero-order valence-electron chi connectivity index (χ0n) is 7.01. The predicted molar refractivity (Wildman–Crippen MR) is 42.7 cm³/mol. The van der Waals surface area contributed by atoms with Crippen LogP contribution in [0.25, 0.3) is 0 Å². The fourth-order valence-corrected chi connectivity index (χ4v) is 1.05. The minimum Gasteiger partial charge on any atom is -0.481 e. The lowest BCUT2D eigenvalue weighted by atomic mass is 10.1. The Morgan fingerprint density at radius 1 is 1.43 bits per heavy atom. The molecule has 0 bridgehead atoms. The van der Waals surface area contributed by atoms with Crippen molar-refractivity contribution in [3.05, 3.63) is 35.1 Å². The minimum atomic E-state index is -2.93. The molecular formula is C9H7F3O2. The van der Waals surface area contributed by atoms with E-state index in [4.69, 9.17) is 5.11 Å². The molecule has 2 nitrogen and oxygen atoms in total. The number of alkyl halides is 2. The van der Waals surface area contributed by atoms with Crippen LogP contribution in [0.2, 0.25) is 0 Å². The van der Waals surface area contributed by atoms with Crippen molar-refractivity contribution in [2.75, 3.05) is 0 Å². The first-order chi connectivity index (χ1) is 6.50. The Bertz CT molecular complexity index is 350. The van der Waals surface area contributed by atoms with E-state index in [0.717, 1.165) is 12.1 Å². The van der Waals surface area contributed by atoms with E-state index in [1.807, 2.05) is 0 Å². The number of carboxylic acids is 1. The maximum Gasteiger partial charge on any atom is 0.307 e. The smallest absolute Gasteiger partial charge is 0.307 e. The summed E-state index contributed by atoms with van der Waals surface area (Å²) < 4.78 is 37.0. The topological polar surface area (TPSA) is 37.3 Å². The molecule has 1 aromatic carbocycles. The normalized spacial score (nSPS) is 10.6. The molecule has 0 aliphatic rings. The SMILES string of the molecule is O=C(O)Cc1ccc(F)c(C(F)F)c1. The Kier molecular flexibility index (Phi) is 3.11. The van der Waals surface area contributed by atoms with Crippen LogP contribution >= 0.6 is 0 Å². The highest BCUT2D eigenvalue weighted by Crippen LogP contribution is 2.23. The average Bonchev–Trinajstić information content (AvgIpc) is 2.07. The molecule has 0 saturated heterocycles. The highest BCUT2D eigenvalue weighted by molar-refractivity contribution is 5.70. The van der Waals surface area contributed by atoms with Gasteiger partial charge in [0.1, 0.15) is 5.82 Å². The van der Waals surface area contributed by atoms with Crippen molar-refractivity contribution in [1.82, 2.24) is 0 Å². The van der Waals surface area contributed by atoms with Crippen molar-refractivity contribution in [1.29, 1.82) is 0 Å². The molecule has 0 fully saturated rings. The first-order valence-corrected chi connectivity index (χ1v) is 3.79. The summed E-state index contributed by atoms with van der Waals surface area (Å²) in [6, 6.07) is 2.89. The number of hydrogen-bond acceptors (Lipinski definition) is 1. The van der Waals surface area contributed by atoms with Crippen LogP contribution in [-0.2, 0) is 11.2 Å². The lowest BCUT2D eigenvalue weighted by Crippen LogP contribution is -2.01. The molecule has 0 aromatic heterocycles. The number of carbonyl (C=O) groups is 1. The van der Waals surface area contributed by atoms with Crippen LogP contribution in [0.3, 0.4) is 0 Å². The molecule has 1 N–H and O–H groups in total. The maximum absolute atomic E-state index is 12.7. The number of rotatable bonds is 3. The van der Waals surface area contributed by atoms with Gasteiger partial charge in [-0.25, -0.2) is 13.2 Å². The number of carboxylic acid groups (broad SMARTS) is 1. The molecule has 0 radical (unpaired) electrons. The number of benzene rings is 1. The lowest BCUT2D eigenvalue weighted by Gasteiger charge is -2.03. The molecule has 0 aliphatic heterocycles. The molecule has 14 heavy (non-hydrogen) atoms. The van der Waals surface area contributed by atoms with E-state index in [1.165, 1.54) is 6.07 Å². The highest BCUT2D eigenvalue weighted by atomic mass is 19.3. The van der Waals surface area contributed by atoms with Crippen LogP contribution in [-0.4, -0.2) is 11.1 Å². The molecule has 0 heterocycles. The Morgan fingerprint density at radius 3 is 2.57 bits per heavy atom. The van der Waals surface area contributed by atoms with Crippen LogP contribution in [0.1, 0.15) is 17.6 Å². The van der Waals surface area contributed by atoms with Gasteiger partial charge < -0.3 is 5.11 Å². The van der Waals surface area contributed by atoms with Crippen molar-refractivity contribution >= 4 is 5.97 Å². The third-order valence-corrected chi connectivity index (χ3v) is 1.65. The molecule has 0 amide bonds. The van der Waals surface area contributed by atoms with Crippen molar-refractivity contribution in [3.63, 3.8) is 0 Å². The minimum absolute atomic E-state index is 0.161. The summed E-state index contributed by atoms with van der Waals surface area (Å²) in [5.74, 6) is -2.16. The molecule has 5 heteroatoms. The van der Waals surface area contributed by atoms with Crippen LogP contribution in [0.5, 0.6) is 0 Å². The monoisotopic (exact) mass is 204 g/mol. The molecule has 0 spiro atoms. The summed E-state index contributed by atoms with van der Waals surface area (Å²) in [6.45, 7) is 0. The van der Waals surface area contributed by atoms with E-state index in [-0.39, 0.29) is 12.0 Å². The van der Waals surface area contributed by atoms with Gasteiger partial charge in [0.25, 0.3) is 6.43 Å². The fraction of sp³-hybridized carbons (Fsp3) is 0.222. The zero-order valence-corrected chi connectivity index (χ0v) is 7.01. The average molecular weight is 204 g/mol. The third kappa shape index (κ3) is 2.48. The first kappa shape index (κ1) is 10.6. The van der Waals surface area contributed by atoms with Gasteiger partial charge in [-0.1, -0.05) is 6.07 Å². The Morgan fingerprint density at radius 2 is 2.07 bits per heavy atom. The summed E-state index contributed by atoms with van der Waals surface area (Å²) in [7, 11) is 0. The quantitative estimate of drug-likeness (QED) is 0.820. The van der Waals surface area contributed by atoms with E-state index in [9.17, 15) is 18.0 Å². The third-order valence-electron chi connectivity index (χ3n) is 1.65. The summed E-state index contributed by atoms with van der Waals surface area (Å²) in [4.78, 5) is 10.3. The van der Waals surface area contributed by atoms with Crippen LogP contribution < -0.4 is 0 Å². The molecule has 1 aromatic rings. The van der Waals surface area contributed by atoms with E-state index >= 15 is 0 Å². The van der Waals surface area contributed by atoms with Gasteiger partial charge in [0.05, 0.1) is 12.0 Å². The standard InChI is InChI=1S/C9H7F3O2/c10-7-2-1-5(4-8(13)14)3-6(7)9(11)12/h1-3,9H,4H2,(H,13,14). The Hall–Kier alpha value is -1.52. The van der Waals surface area contributed by atoms with Crippen molar-refractivity contribution in [2.45, 2.75) is 12.8 Å². The molecule has 0 unspecified atom stereocenters. The molecular weight excluding hydrogens is 197 g/mol. The molecule has 0 aliphatic carbocycles. The van der Waals surface area contributed by atoms with Crippen LogP contribution in [0.4, 0.5) is 13.2 Å². The first-order valence-electron chi connectivity index (χ1n) is 3.79. The summed E-state index contributed by atoms with van der Waals surface area (Å²) in [5.41, 5.74) is -0.599. The van der Waals surface area contributed by atoms with Crippen LogP contribution in [0, 0.1) is 5.82 Å². The predicted octanol–water partition coefficient (Wildman–Crippen LogP) is 2.39. The lowest BCUT2D eigenvalue weighted by molar-refractivity contribution is -0.136. The van der Waals surface area contributed by atoms with Gasteiger partial charge in [0.2, 0.25) is 0 Å². The van der Waals surface area contributed by atoms with Gasteiger partial charge in [0.15, 0.2) is 0 Å². The highest BCUT2D eigenvalue weighted by Gasteiger charge is 2.14. The Balaban J connectivity index is 3.00. The van der Waals surface area contributed by atoms with Gasteiger partial charge >= 0.3 is 5.97 Å². The second-order valence-corrected chi connectivity index (χ2v) is 2.73. The second-order valence-electron chi connectivity index (χ2n) is 2.73. The van der Waals surface area contributed by atoms with Crippen molar-refractivity contribution in [3.8, 4) is 0 Å². The zero-order chi connectivity index (χ0) is 10.7. The number of halogens is 3. The summed E-state index contributed by atoms with van der Waals surface area (Å²) in [5, 5.41) is 8.38. The van der Waals surface area contributed by atoms with E-state index in [0.29, 0.717) is 0 Å². The second kappa shape index (κ2) is 4.13. The van der Waals surface area contributed by atoms with Gasteiger partial charge in [0, 0.05) is 0 Å². The number of aliphatic carboxylic acids is 1. The molecule has 0 atom stereocenters. The van der Waals surface area contributed by atoms with Crippen molar-refractivity contribution < 1.29 is 23.1 Å². The van der Waals surface area contributed by atoms with Crippen LogP contribution in [0.15, 0.2) is 18.2 Å². The largest absolute Gasteiger partial charge is 0.481 e. The van der Waals surface area contributed by atoms with E-state index < -0.39 is 23.8 Å². The summed E-state index contributed by atoms with van der Waals surface area (Å²) >= 11 is 0. The molecule has 76 valence electrons. The van der Waals surface area contributed by atoms with Gasteiger partial charge in [-0.3, -0.25) is 4.79 Å². The van der Waals surface area contributed by atoms with Gasteiger partial charge in [-0.05, 0) is 17.7 Å². The van der Waals surface area contributed by atoms with Crippen molar-refractivity contribution in [2.24, 2.45) is 0 Å². The maximum atomic E-state index is 12.7. The van der Waals surface area contributed by atoms with E-state index in [2.05, 4.69) is 0 Å². The van der Waals surface area contributed by atoms with Gasteiger partial charge in [-0.2, -0.15) is 0 Å². The number of hydrogen-bond donors (Lipinski definition) is 1.